The van der Waals surface area contributed by atoms with Crippen LogP contribution in [0.1, 0.15) is 47.0 Å². The lowest BCUT2D eigenvalue weighted by Gasteiger charge is -2.06. The van der Waals surface area contributed by atoms with E-state index in [2.05, 4.69) is 16.9 Å². The molecule has 2 N–H and O–H groups in total. The number of aromatic hydroxyl groups is 1. The van der Waals surface area contributed by atoms with Gasteiger partial charge in [0.1, 0.15) is 0 Å². The third kappa shape index (κ3) is 3.88. The summed E-state index contributed by atoms with van der Waals surface area (Å²) in [5.41, 5.74) is 2.73. The van der Waals surface area contributed by atoms with E-state index < -0.39 is 0 Å². The second kappa shape index (κ2) is 7.48. The standard InChI is InChI=1S/C18H18N2O4S/c1-2-3-4-7-24-17(22)11-5-6-13-12(10-19-14(13)8-11)9-15-16(21)20-18(23)25-15/h5-6,8-10,21H,2-4,7H2,1H3,(H,20,23). The number of aromatic amines is 1. The predicted octanol–water partition coefficient (Wildman–Crippen LogP) is 3.75. The Hall–Kier alpha value is -2.67. The number of benzene rings is 1. The van der Waals surface area contributed by atoms with E-state index in [9.17, 15) is 14.7 Å². The van der Waals surface area contributed by atoms with Crippen molar-refractivity contribution in [1.29, 1.82) is 0 Å². The zero-order valence-corrected chi connectivity index (χ0v) is 14.6. The van der Waals surface area contributed by atoms with Crippen molar-refractivity contribution in [1.82, 2.24) is 4.98 Å². The molecule has 130 valence electrons. The number of rotatable bonds is 6. The molecule has 1 aliphatic rings. The number of carbonyl (C=O) groups excluding carboxylic acids is 1. The van der Waals surface area contributed by atoms with Crippen LogP contribution in [0.3, 0.4) is 0 Å². The number of hydrogen-bond acceptors (Lipinski definition) is 6. The molecule has 0 bridgehead atoms. The summed E-state index contributed by atoms with van der Waals surface area (Å²) in [7, 11) is 0. The second-order valence-corrected chi connectivity index (χ2v) is 6.67. The van der Waals surface area contributed by atoms with Gasteiger partial charge in [0, 0.05) is 17.4 Å². The number of H-pyrrole nitrogens is 1. The molecule has 1 aromatic heterocycles. The Morgan fingerprint density at radius 1 is 1.40 bits per heavy atom. The van der Waals surface area contributed by atoms with Crippen LogP contribution in [0.25, 0.3) is 11.6 Å². The Balaban J connectivity index is 1.77. The molecule has 0 fully saturated rings. The van der Waals surface area contributed by atoms with E-state index >= 15 is 0 Å². The first-order chi connectivity index (χ1) is 12.1. The van der Waals surface area contributed by atoms with Gasteiger partial charge in [-0.2, -0.15) is 0 Å². The molecular formula is C18H18N2O4S. The number of unbranched alkanes of at least 4 members (excludes halogenated alkanes) is 2. The molecule has 0 radical (unpaired) electrons. The van der Waals surface area contributed by atoms with Crippen molar-refractivity contribution in [2.45, 2.75) is 26.2 Å². The topological polar surface area (TPSA) is 91.8 Å². The average molecular weight is 358 g/mol. The highest BCUT2D eigenvalue weighted by Gasteiger charge is 2.17. The molecule has 0 saturated carbocycles. The van der Waals surface area contributed by atoms with E-state index in [0.29, 0.717) is 22.7 Å². The predicted molar refractivity (Wildman–Crippen MR) is 98.9 cm³/mol. The SMILES string of the molecule is CCCCCOC(=O)c1ccc2c(c1)N=CC2=Cc1sc(=O)[nH]c1O. The molecule has 25 heavy (non-hydrogen) atoms. The largest absolute Gasteiger partial charge is 0.493 e. The summed E-state index contributed by atoms with van der Waals surface area (Å²) in [5.74, 6) is -0.510. The van der Waals surface area contributed by atoms with E-state index in [1.807, 2.05) is 0 Å². The average Bonchev–Trinajstić information content (AvgIpc) is 3.14. The Kier molecular flexibility index (Phi) is 5.14. The van der Waals surface area contributed by atoms with Gasteiger partial charge >= 0.3 is 10.8 Å². The van der Waals surface area contributed by atoms with Gasteiger partial charge in [-0.25, -0.2) is 4.79 Å². The normalized spacial score (nSPS) is 14.0. The van der Waals surface area contributed by atoms with Crippen molar-refractivity contribution < 1.29 is 14.6 Å². The number of nitrogens with zero attached hydrogens (tertiary/aromatic N) is 1. The maximum absolute atomic E-state index is 12.1. The van der Waals surface area contributed by atoms with Gasteiger partial charge in [-0.15, -0.1) is 0 Å². The molecule has 2 aromatic rings. The van der Waals surface area contributed by atoms with Crippen LogP contribution in [0.4, 0.5) is 5.69 Å². The molecule has 3 rings (SSSR count). The van der Waals surface area contributed by atoms with Gasteiger partial charge in [0.15, 0.2) is 0 Å². The number of fused-ring (bicyclic) bond motifs is 1. The summed E-state index contributed by atoms with van der Waals surface area (Å²) in [6, 6.07) is 5.18. The van der Waals surface area contributed by atoms with Gasteiger partial charge in [0.25, 0.3) is 0 Å². The molecule has 1 aromatic carbocycles. The molecule has 0 aliphatic carbocycles. The van der Waals surface area contributed by atoms with E-state index in [1.54, 1.807) is 30.5 Å². The van der Waals surface area contributed by atoms with Crippen molar-refractivity contribution in [2.75, 3.05) is 6.61 Å². The molecule has 7 heteroatoms. The van der Waals surface area contributed by atoms with Crippen LogP contribution < -0.4 is 4.87 Å². The minimum absolute atomic E-state index is 0.156. The van der Waals surface area contributed by atoms with E-state index in [-0.39, 0.29) is 16.7 Å². The van der Waals surface area contributed by atoms with Crippen LogP contribution in [-0.2, 0) is 4.74 Å². The Morgan fingerprint density at radius 2 is 2.24 bits per heavy atom. The van der Waals surface area contributed by atoms with Gasteiger partial charge < -0.3 is 9.84 Å². The fraction of sp³-hybridized carbons (Fsp3) is 0.278. The monoisotopic (exact) mass is 358 g/mol. The third-order valence-corrected chi connectivity index (χ3v) is 4.63. The van der Waals surface area contributed by atoms with Gasteiger partial charge in [0.05, 0.1) is 22.7 Å². The number of carbonyl (C=O) groups is 1. The summed E-state index contributed by atoms with van der Waals surface area (Å²) in [6.07, 6.45) is 6.31. The van der Waals surface area contributed by atoms with Gasteiger partial charge in [-0.05, 0) is 24.6 Å². The third-order valence-electron chi connectivity index (χ3n) is 3.81. The highest BCUT2D eigenvalue weighted by Crippen LogP contribution is 2.34. The van der Waals surface area contributed by atoms with Crippen molar-refractivity contribution in [3.8, 4) is 5.88 Å². The molecular weight excluding hydrogens is 340 g/mol. The number of allylic oxidation sites excluding steroid dienone is 1. The summed E-state index contributed by atoms with van der Waals surface area (Å²) in [5, 5.41) is 9.68. The van der Waals surface area contributed by atoms with Crippen molar-refractivity contribution in [2.24, 2.45) is 4.99 Å². The van der Waals surface area contributed by atoms with Crippen LogP contribution in [-0.4, -0.2) is 28.9 Å². The molecule has 1 aliphatic heterocycles. The van der Waals surface area contributed by atoms with Crippen LogP contribution in [0.15, 0.2) is 28.0 Å². The van der Waals surface area contributed by atoms with E-state index in [0.717, 1.165) is 41.7 Å². The molecule has 0 spiro atoms. The smallest absolute Gasteiger partial charge is 0.338 e. The van der Waals surface area contributed by atoms with Crippen LogP contribution in [0.5, 0.6) is 5.88 Å². The summed E-state index contributed by atoms with van der Waals surface area (Å²) in [4.78, 5) is 30.1. The van der Waals surface area contributed by atoms with Crippen LogP contribution in [0.2, 0.25) is 0 Å². The van der Waals surface area contributed by atoms with Gasteiger partial charge in [-0.3, -0.25) is 14.8 Å². The lowest BCUT2D eigenvalue weighted by Crippen LogP contribution is -2.06. The van der Waals surface area contributed by atoms with E-state index in [4.69, 9.17) is 4.74 Å². The van der Waals surface area contributed by atoms with Crippen molar-refractivity contribution >= 4 is 40.9 Å². The Labute approximate surface area is 148 Å². The number of aromatic nitrogens is 1. The fourth-order valence-corrected chi connectivity index (χ4v) is 3.19. The highest BCUT2D eigenvalue weighted by molar-refractivity contribution is 7.10. The Bertz CT molecular complexity index is 908. The van der Waals surface area contributed by atoms with Gasteiger partial charge in [-0.1, -0.05) is 37.2 Å². The Morgan fingerprint density at radius 3 is 2.96 bits per heavy atom. The zero-order chi connectivity index (χ0) is 17.8. The minimum Gasteiger partial charge on any atom is -0.493 e. The van der Waals surface area contributed by atoms with E-state index in [1.165, 1.54) is 0 Å². The summed E-state index contributed by atoms with van der Waals surface area (Å²) < 4.78 is 5.26. The molecule has 0 amide bonds. The van der Waals surface area contributed by atoms with Gasteiger partial charge in [0.2, 0.25) is 5.88 Å². The lowest BCUT2D eigenvalue weighted by atomic mass is 10.0. The minimum atomic E-state index is -0.354. The number of ether oxygens (including phenoxy) is 1. The first-order valence-corrected chi connectivity index (χ1v) is 8.89. The highest BCUT2D eigenvalue weighted by atomic mass is 32.1. The lowest BCUT2D eigenvalue weighted by molar-refractivity contribution is 0.0498. The fourth-order valence-electron chi connectivity index (χ4n) is 2.50. The molecule has 6 nitrogen and oxygen atoms in total. The molecule has 0 unspecified atom stereocenters. The van der Waals surface area contributed by atoms with Crippen LogP contribution in [0, 0.1) is 0 Å². The van der Waals surface area contributed by atoms with Crippen molar-refractivity contribution in [3.05, 3.63) is 43.9 Å². The maximum Gasteiger partial charge on any atom is 0.338 e. The number of aliphatic imine (C=N–C) groups is 1. The van der Waals surface area contributed by atoms with Crippen LogP contribution >= 0.6 is 11.3 Å². The summed E-state index contributed by atoms with van der Waals surface area (Å²) in [6.45, 7) is 2.52. The number of hydrogen-bond donors (Lipinski definition) is 2. The maximum atomic E-state index is 12.1. The van der Waals surface area contributed by atoms with Crippen molar-refractivity contribution in [3.63, 3.8) is 0 Å². The number of nitrogens with one attached hydrogen (secondary N) is 1. The number of thiazole rings is 1. The molecule has 0 saturated heterocycles. The molecule has 2 heterocycles. The molecule has 0 atom stereocenters. The quantitative estimate of drug-likeness (QED) is 0.608. The first kappa shape index (κ1) is 17.2. The first-order valence-electron chi connectivity index (χ1n) is 8.08. The zero-order valence-electron chi connectivity index (χ0n) is 13.7. The number of esters is 1. The second-order valence-electron chi connectivity index (χ2n) is 5.66. The summed E-state index contributed by atoms with van der Waals surface area (Å²) >= 11 is 0.924.